The van der Waals surface area contributed by atoms with Gasteiger partial charge in [-0.2, -0.15) is 5.26 Å². The quantitative estimate of drug-likeness (QED) is 0.777. The zero-order chi connectivity index (χ0) is 16.4. The summed E-state index contributed by atoms with van der Waals surface area (Å²) in [6, 6.07) is 17.2. The van der Waals surface area contributed by atoms with Gasteiger partial charge in [-0.25, -0.2) is 4.39 Å². The summed E-state index contributed by atoms with van der Waals surface area (Å²) in [5, 5.41) is 9.27. The van der Waals surface area contributed by atoms with E-state index < -0.39 is 11.4 Å². The molecule has 2 aromatic carbocycles. The molecular formula is C19H13FN2O. The van der Waals surface area contributed by atoms with Crippen LogP contribution in [0.4, 0.5) is 4.39 Å². The number of aromatic amines is 1. The van der Waals surface area contributed by atoms with Crippen molar-refractivity contribution in [2.75, 3.05) is 0 Å². The fraction of sp³-hybridized carbons (Fsp3) is 0.0526. The molecule has 0 spiro atoms. The van der Waals surface area contributed by atoms with E-state index in [-0.39, 0.29) is 5.56 Å². The second-order valence-electron chi connectivity index (χ2n) is 5.29. The highest BCUT2D eigenvalue weighted by atomic mass is 19.1. The van der Waals surface area contributed by atoms with Crippen molar-refractivity contribution >= 4 is 0 Å². The Kier molecular flexibility index (Phi) is 3.78. The van der Waals surface area contributed by atoms with Crippen LogP contribution in [0.5, 0.6) is 0 Å². The van der Waals surface area contributed by atoms with Gasteiger partial charge in [0, 0.05) is 11.3 Å². The van der Waals surface area contributed by atoms with Crippen molar-refractivity contribution in [1.29, 1.82) is 5.26 Å². The normalized spacial score (nSPS) is 10.3. The molecule has 0 saturated carbocycles. The highest BCUT2D eigenvalue weighted by molar-refractivity contribution is 5.75. The molecule has 1 N–H and O–H groups in total. The summed E-state index contributed by atoms with van der Waals surface area (Å²) in [5.74, 6) is -0.413. The van der Waals surface area contributed by atoms with E-state index in [1.165, 1.54) is 12.1 Å². The first-order valence-corrected chi connectivity index (χ1v) is 7.09. The van der Waals surface area contributed by atoms with Crippen molar-refractivity contribution in [2.45, 2.75) is 6.92 Å². The Hall–Kier alpha value is -3.19. The molecule has 1 aromatic heterocycles. The Bertz CT molecular complexity index is 983. The largest absolute Gasteiger partial charge is 0.321 e. The predicted octanol–water partition coefficient (Wildman–Crippen LogP) is 4.03. The van der Waals surface area contributed by atoms with E-state index >= 15 is 0 Å². The van der Waals surface area contributed by atoms with Crippen LogP contribution in [0.1, 0.15) is 11.1 Å². The van der Waals surface area contributed by atoms with Crippen LogP contribution in [-0.4, -0.2) is 4.98 Å². The summed E-state index contributed by atoms with van der Waals surface area (Å²) >= 11 is 0. The van der Waals surface area contributed by atoms with Crippen LogP contribution in [0.15, 0.2) is 59.4 Å². The first kappa shape index (κ1) is 14.7. The number of hydrogen-bond acceptors (Lipinski definition) is 2. The summed E-state index contributed by atoms with van der Waals surface area (Å²) in [7, 11) is 0. The number of hydrogen-bond donors (Lipinski definition) is 1. The van der Waals surface area contributed by atoms with E-state index in [0.29, 0.717) is 16.8 Å². The fourth-order valence-corrected chi connectivity index (χ4v) is 2.52. The predicted molar refractivity (Wildman–Crippen MR) is 87.3 cm³/mol. The number of aromatic nitrogens is 1. The first-order chi connectivity index (χ1) is 11.1. The average molecular weight is 304 g/mol. The van der Waals surface area contributed by atoms with Crippen molar-refractivity contribution in [3.05, 3.63) is 81.9 Å². The van der Waals surface area contributed by atoms with Gasteiger partial charge in [-0.15, -0.1) is 0 Å². The van der Waals surface area contributed by atoms with Crippen molar-refractivity contribution < 1.29 is 4.39 Å². The molecule has 23 heavy (non-hydrogen) atoms. The molecule has 0 atom stereocenters. The SMILES string of the molecule is Cc1cccc(-c2cc(-c3cccc(F)c3)c(C#N)c(=O)[nH]2)c1. The minimum Gasteiger partial charge on any atom is -0.321 e. The number of halogens is 1. The van der Waals surface area contributed by atoms with Gasteiger partial charge in [0.1, 0.15) is 17.4 Å². The van der Waals surface area contributed by atoms with Gasteiger partial charge >= 0.3 is 0 Å². The Morgan fingerprint density at radius 2 is 1.78 bits per heavy atom. The number of aryl methyl sites for hydroxylation is 1. The Morgan fingerprint density at radius 3 is 2.48 bits per heavy atom. The third kappa shape index (κ3) is 2.90. The molecule has 1 heterocycles. The van der Waals surface area contributed by atoms with Crippen molar-refractivity contribution in [1.82, 2.24) is 4.98 Å². The highest BCUT2D eigenvalue weighted by Gasteiger charge is 2.13. The number of pyridine rings is 1. The van der Waals surface area contributed by atoms with E-state index in [0.717, 1.165) is 11.1 Å². The summed E-state index contributed by atoms with van der Waals surface area (Å²) in [5.41, 5.74) is 2.91. The number of rotatable bonds is 2. The molecule has 3 nitrogen and oxygen atoms in total. The van der Waals surface area contributed by atoms with Gasteiger partial charge in [0.15, 0.2) is 0 Å². The third-order valence-corrected chi connectivity index (χ3v) is 3.61. The zero-order valence-corrected chi connectivity index (χ0v) is 12.4. The van der Waals surface area contributed by atoms with Crippen molar-refractivity contribution in [2.24, 2.45) is 0 Å². The van der Waals surface area contributed by atoms with Crippen LogP contribution in [0, 0.1) is 24.1 Å². The molecule has 112 valence electrons. The van der Waals surface area contributed by atoms with E-state index in [9.17, 15) is 14.4 Å². The summed E-state index contributed by atoms with van der Waals surface area (Å²) in [6.07, 6.45) is 0. The Morgan fingerprint density at radius 1 is 1.04 bits per heavy atom. The maximum Gasteiger partial charge on any atom is 0.266 e. The minimum absolute atomic E-state index is 0.0213. The van der Waals surface area contributed by atoms with Gasteiger partial charge in [-0.05, 0) is 42.3 Å². The zero-order valence-electron chi connectivity index (χ0n) is 12.4. The van der Waals surface area contributed by atoms with Gasteiger partial charge in [0.25, 0.3) is 5.56 Å². The van der Waals surface area contributed by atoms with E-state index in [4.69, 9.17) is 0 Å². The molecule has 0 fully saturated rings. The van der Waals surface area contributed by atoms with E-state index in [1.54, 1.807) is 18.2 Å². The summed E-state index contributed by atoms with van der Waals surface area (Å²) in [6.45, 7) is 1.96. The van der Waals surface area contributed by atoms with Gasteiger partial charge in [0.2, 0.25) is 0 Å². The van der Waals surface area contributed by atoms with Gasteiger partial charge in [-0.1, -0.05) is 35.9 Å². The van der Waals surface area contributed by atoms with Crippen LogP contribution >= 0.6 is 0 Å². The van der Waals surface area contributed by atoms with E-state index in [1.807, 2.05) is 37.3 Å². The molecule has 3 aromatic rings. The average Bonchev–Trinajstić information content (AvgIpc) is 2.54. The van der Waals surface area contributed by atoms with Gasteiger partial charge in [-0.3, -0.25) is 4.79 Å². The van der Waals surface area contributed by atoms with Crippen molar-refractivity contribution in [3.8, 4) is 28.5 Å². The lowest BCUT2D eigenvalue weighted by Gasteiger charge is -2.09. The number of nitrogens with zero attached hydrogens (tertiary/aromatic N) is 1. The standard InChI is InChI=1S/C19H13FN2O/c1-12-4-2-6-14(8-12)18-10-16(17(11-21)19(23)22-18)13-5-3-7-15(20)9-13/h2-10H,1H3,(H,22,23). The fourth-order valence-electron chi connectivity index (χ4n) is 2.52. The van der Waals surface area contributed by atoms with Gasteiger partial charge in [0.05, 0.1) is 0 Å². The van der Waals surface area contributed by atoms with Crippen LogP contribution < -0.4 is 5.56 Å². The number of benzene rings is 2. The number of nitrogens with one attached hydrogen (secondary N) is 1. The molecule has 0 saturated heterocycles. The maximum absolute atomic E-state index is 13.5. The topological polar surface area (TPSA) is 56.6 Å². The molecular weight excluding hydrogens is 291 g/mol. The summed E-state index contributed by atoms with van der Waals surface area (Å²) in [4.78, 5) is 15.0. The molecule has 0 aliphatic carbocycles. The molecule has 0 unspecified atom stereocenters. The molecule has 4 heteroatoms. The monoisotopic (exact) mass is 304 g/mol. The molecule has 0 aliphatic rings. The lowest BCUT2D eigenvalue weighted by atomic mass is 9.98. The number of nitriles is 1. The minimum atomic E-state index is -0.481. The smallest absolute Gasteiger partial charge is 0.266 e. The van der Waals surface area contributed by atoms with Crippen molar-refractivity contribution in [3.63, 3.8) is 0 Å². The molecule has 3 rings (SSSR count). The molecule has 0 radical (unpaired) electrons. The van der Waals surface area contributed by atoms with Gasteiger partial charge < -0.3 is 4.98 Å². The van der Waals surface area contributed by atoms with Crippen LogP contribution in [0.3, 0.4) is 0 Å². The lowest BCUT2D eigenvalue weighted by Crippen LogP contribution is -2.12. The summed E-state index contributed by atoms with van der Waals surface area (Å²) < 4.78 is 13.5. The number of H-pyrrole nitrogens is 1. The van der Waals surface area contributed by atoms with Crippen LogP contribution in [-0.2, 0) is 0 Å². The highest BCUT2D eigenvalue weighted by Crippen LogP contribution is 2.26. The maximum atomic E-state index is 13.5. The Balaban J connectivity index is 2.27. The second kappa shape index (κ2) is 5.90. The Labute approximate surface area is 132 Å². The molecule has 0 aliphatic heterocycles. The lowest BCUT2D eigenvalue weighted by molar-refractivity contribution is 0.628. The third-order valence-electron chi connectivity index (χ3n) is 3.61. The molecule has 0 bridgehead atoms. The van der Waals surface area contributed by atoms with E-state index in [2.05, 4.69) is 4.98 Å². The second-order valence-corrected chi connectivity index (χ2v) is 5.29. The first-order valence-electron chi connectivity index (χ1n) is 7.09. The van der Waals surface area contributed by atoms with Crippen LogP contribution in [0.25, 0.3) is 22.4 Å². The van der Waals surface area contributed by atoms with Crippen LogP contribution in [0.2, 0.25) is 0 Å². The molecule has 0 amide bonds.